The molecule has 0 aliphatic rings. The molecule has 0 saturated carbocycles. The third-order valence-electron chi connectivity index (χ3n) is 4.52. The van der Waals surface area contributed by atoms with Gasteiger partial charge >= 0.3 is 0 Å². The normalized spacial score (nSPS) is 12.4. The number of halogens is 1. The Hall–Kier alpha value is -2.51. The van der Waals surface area contributed by atoms with Crippen LogP contribution in [0.4, 0.5) is 4.39 Å². The molecular formula is C20H23FN4OS. The van der Waals surface area contributed by atoms with Gasteiger partial charge in [0, 0.05) is 42.0 Å². The van der Waals surface area contributed by atoms with E-state index in [1.54, 1.807) is 34.4 Å². The summed E-state index contributed by atoms with van der Waals surface area (Å²) in [6.07, 6.45) is 3.43. The average Bonchev–Trinajstić information content (AvgIpc) is 3.22. The Morgan fingerprint density at radius 3 is 2.74 bits per heavy atom. The number of likely N-dealkylation sites (N-methyl/N-ethyl adjacent to an activating group) is 1. The summed E-state index contributed by atoms with van der Waals surface area (Å²) in [7, 11) is 5.80. The van der Waals surface area contributed by atoms with Crippen molar-refractivity contribution in [3.8, 4) is 11.4 Å². The lowest BCUT2D eigenvalue weighted by Crippen LogP contribution is -2.34. The maximum atomic E-state index is 14.1. The number of carbonyl (C=O) groups excluding carboxylic acids is 1. The zero-order valence-corrected chi connectivity index (χ0v) is 16.7. The zero-order valence-electron chi connectivity index (χ0n) is 15.9. The van der Waals surface area contributed by atoms with Gasteiger partial charge in [-0.25, -0.2) is 9.37 Å². The first-order valence-electron chi connectivity index (χ1n) is 8.63. The number of nitrogens with zero attached hydrogens (tertiary/aromatic N) is 3. The van der Waals surface area contributed by atoms with E-state index in [0.717, 1.165) is 0 Å². The molecule has 2 heterocycles. The zero-order chi connectivity index (χ0) is 19.6. The summed E-state index contributed by atoms with van der Waals surface area (Å²) in [5.41, 5.74) is 2.06. The van der Waals surface area contributed by atoms with Crippen molar-refractivity contribution in [1.82, 2.24) is 19.8 Å². The molecule has 5 nitrogen and oxygen atoms in total. The summed E-state index contributed by atoms with van der Waals surface area (Å²) in [6.45, 7) is 2.51. The molecular weight excluding hydrogens is 363 g/mol. The van der Waals surface area contributed by atoms with E-state index in [9.17, 15) is 9.18 Å². The van der Waals surface area contributed by atoms with Crippen molar-refractivity contribution < 1.29 is 9.18 Å². The van der Waals surface area contributed by atoms with Crippen LogP contribution < -0.4 is 5.32 Å². The predicted molar refractivity (Wildman–Crippen MR) is 106 cm³/mol. The van der Waals surface area contributed by atoms with Crippen LogP contribution in [-0.4, -0.2) is 41.0 Å². The molecule has 7 heteroatoms. The molecule has 0 aliphatic heterocycles. The number of carbonyl (C=O) groups is 1. The average molecular weight is 386 g/mol. The number of amides is 1. The number of thiophene rings is 1. The molecule has 1 aromatic carbocycles. The van der Waals surface area contributed by atoms with Crippen molar-refractivity contribution >= 4 is 17.2 Å². The van der Waals surface area contributed by atoms with E-state index in [4.69, 9.17) is 0 Å². The van der Waals surface area contributed by atoms with Gasteiger partial charge in [0.15, 0.2) is 0 Å². The third-order valence-corrected chi connectivity index (χ3v) is 5.64. The quantitative estimate of drug-likeness (QED) is 0.704. The molecule has 0 bridgehead atoms. The fourth-order valence-corrected chi connectivity index (χ4v) is 4.14. The largest absolute Gasteiger partial charge is 0.350 e. The Kier molecular flexibility index (Phi) is 5.72. The third kappa shape index (κ3) is 4.26. The Balaban J connectivity index is 1.79. The lowest BCUT2D eigenvalue weighted by atomic mass is 10.1. The van der Waals surface area contributed by atoms with Crippen molar-refractivity contribution in [2.24, 2.45) is 7.05 Å². The fourth-order valence-electron chi connectivity index (χ4n) is 3.02. The summed E-state index contributed by atoms with van der Waals surface area (Å²) < 4.78 is 15.9. The summed E-state index contributed by atoms with van der Waals surface area (Å²) >= 11 is 1.67. The van der Waals surface area contributed by atoms with Gasteiger partial charge < -0.3 is 14.8 Å². The van der Waals surface area contributed by atoms with Crippen LogP contribution in [-0.2, 0) is 7.05 Å². The summed E-state index contributed by atoms with van der Waals surface area (Å²) in [5, 5.41) is 4.99. The van der Waals surface area contributed by atoms with E-state index in [-0.39, 0.29) is 17.5 Å². The summed E-state index contributed by atoms with van der Waals surface area (Å²) in [4.78, 5) is 20.2. The summed E-state index contributed by atoms with van der Waals surface area (Å²) in [5.74, 6) is -0.145. The number of benzene rings is 1. The maximum absolute atomic E-state index is 14.1. The van der Waals surface area contributed by atoms with Crippen molar-refractivity contribution in [3.05, 3.63) is 63.9 Å². The van der Waals surface area contributed by atoms with Crippen LogP contribution in [0.2, 0.25) is 0 Å². The van der Waals surface area contributed by atoms with E-state index in [1.165, 1.54) is 22.6 Å². The molecule has 1 amide bonds. The van der Waals surface area contributed by atoms with Gasteiger partial charge in [-0.1, -0.05) is 0 Å². The first kappa shape index (κ1) is 19.3. The molecule has 0 aliphatic carbocycles. The Morgan fingerprint density at radius 2 is 2.15 bits per heavy atom. The minimum absolute atomic E-state index is 0.0662. The maximum Gasteiger partial charge on any atom is 0.251 e. The molecule has 1 unspecified atom stereocenters. The van der Waals surface area contributed by atoms with E-state index in [2.05, 4.69) is 33.6 Å². The van der Waals surface area contributed by atoms with Crippen LogP contribution in [0.5, 0.6) is 0 Å². The number of hydrogen-bond acceptors (Lipinski definition) is 4. The molecule has 1 atom stereocenters. The highest BCUT2D eigenvalue weighted by atomic mass is 32.1. The molecule has 0 radical (unpaired) electrons. The smallest absolute Gasteiger partial charge is 0.251 e. The molecule has 2 aromatic heterocycles. The van der Waals surface area contributed by atoms with Gasteiger partial charge in [0.2, 0.25) is 0 Å². The first-order chi connectivity index (χ1) is 12.9. The van der Waals surface area contributed by atoms with Crippen molar-refractivity contribution in [2.75, 3.05) is 20.6 Å². The Bertz CT molecular complexity index is 947. The SMILES string of the molecule is Cc1ccsc1C(CNC(=O)c1cc(F)cc(-c2nccn2C)c1)N(C)C. The van der Waals surface area contributed by atoms with Crippen LogP contribution in [0.15, 0.2) is 42.0 Å². The molecule has 0 saturated heterocycles. The van der Waals surface area contributed by atoms with Gasteiger partial charge in [0.25, 0.3) is 5.91 Å². The van der Waals surface area contributed by atoms with Gasteiger partial charge in [0.05, 0.1) is 6.04 Å². The van der Waals surface area contributed by atoms with Crippen LogP contribution in [0.3, 0.4) is 0 Å². The highest BCUT2D eigenvalue weighted by Gasteiger charge is 2.19. The number of aromatic nitrogens is 2. The highest BCUT2D eigenvalue weighted by Crippen LogP contribution is 2.27. The lowest BCUT2D eigenvalue weighted by molar-refractivity contribution is 0.0941. The Morgan fingerprint density at radius 1 is 1.37 bits per heavy atom. The van der Waals surface area contributed by atoms with Gasteiger partial charge in [0.1, 0.15) is 11.6 Å². The Labute approximate surface area is 162 Å². The topological polar surface area (TPSA) is 50.2 Å². The molecule has 27 heavy (non-hydrogen) atoms. The van der Waals surface area contributed by atoms with E-state index in [1.807, 2.05) is 21.1 Å². The monoisotopic (exact) mass is 386 g/mol. The van der Waals surface area contributed by atoms with Crippen LogP contribution in [0.1, 0.15) is 26.8 Å². The second kappa shape index (κ2) is 8.02. The number of rotatable bonds is 6. The molecule has 0 fully saturated rings. The summed E-state index contributed by atoms with van der Waals surface area (Å²) in [6, 6.07) is 6.45. The number of hydrogen-bond donors (Lipinski definition) is 1. The lowest BCUT2D eigenvalue weighted by Gasteiger charge is -2.24. The van der Waals surface area contributed by atoms with E-state index < -0.39 is 5.82 Å². The van der Waals surface area contributed by atoms with Crippen molar-refractivity contribution in [3.63, 3.8) is 0 Å². The molecule has 3 rings (SSSR count). The molecule has 0 spiro atoms. The predicted octanol–water partition coefficient (Wildman–Crippen LogP) is 3.63. The first-order valence-corrected chi connectivity index (χ1v) is 9.51. The molecule has 3 aromatic rings. The van der Waals surface area contributed by atoms with Gasteiger partial charge in [-0.15, -0.1) is 11.3 Å². The van der Waals surface area contributed by atoms with Crippen molar-refractivity contribution in [1.29, 1.82) is 0 Å². The second-order valence-corrected chi connectivity index (χ2v) is 7.70. The van der Waals surface area contributed by atoms with Crippen LogP contribution in [0.25, 0.3) is 11.4 Å². The second-order valence-electron chi connectivity index (χ2n) is 6.75. The van der Waals surface area contributed by atoms with E-state index >= 15 is 0 Å². The highest BCUT2D eigenvalue weighted by molar-refractivity contribution is 7.10. The van der Waals surface area contributed by atoms with Crippen LogP contribution in [0, 0.1) is 12.7 Å². The standard InChI is InChI=1S/C20H23FN4OS/c1-13-5-8-27-18(13)17(24(2)3)12-23-20(26)15-9-14(10-16(21)11-15)19-22-6-7-25(19)4/h5-11,17H,12H2,1-4H3,(H,23,26). The van der Waals surface area contributed by atoms with Gasteiger partial charge in [-0.3, -0.25) is 4.79 Å². The van der Waals surface area contributed by atoms with E-state index in [0.29, 0.717) is 17.9 Å². The number of aryl methyl sites for hydroxylation is 2. The molecule has 142 valence electrons. The molecule has 1 N–H and O–H groups in total. The number of nitrogens with one attached hydrogen (secondary N) is 1. The van der Waals surface area contributed by atoms with Crippen molar-refractivity contribution in [2.45, 2.75) is 13.0 Å². The van der Waals surface area contributed by atoms with Gasteiger partial charge in [-0.05, 0) is 56.2 Å². The fraction of sp³-hybridized carbons (Fsp3) is 0.300. The minimum atomic E-state index is -0.459. The van der Waals surface area contributed by atoms with Gasteiger partial charge in [-0.2, -0.15) is 0 Å². The number of imidazole rings is 1. The van der Waals surface area contributed by atoms with Crippen LogP contribution >= 0.6 is 11.3 Å². The minimum Gasteiger partial charge on any atom is -0.350 e.